The Labute approximate surface area is 151 Å². The topological polar surface area (TPSA) is 72.1 Å². The minimum Gasteiger partial charge on any atom is -0.336 e. The van der Waals surface area contributed by atoms with Gasteiger partial charge in [-0.2, -0.15) is 4.98 Å². The van der Waals surface area contributed by atoms with E-state index in [9.17, 15) is 4.79 Å². The molecule has 0 aliphatic carbocycles. The Balaban J connectivity index is 1.40. The molecular weight excluding hydrogens is 328 g/mol. The van der Waals surface area contributed by atoms with Gasteiger partial charge in [-0.3, -0.25) is 9.78 Å². The number of carbonyl (C=O) groups is 1. The summed E-state index contributed by atoms with van der Waals surface area (Å²) in [4.78, 5) is 23.4. The smallest absolute Gasteiger partial charge is 0.276 e. The second-order valence-electron chi connectivity index (χ2n) is 6.43. The number of hydrogen-bond donors (Lipinski definition) is 0. The number of carbonyl (C=O) groups excluding carboxylic acids is 1. The fraction of sp³-hybridized carbons (Fsp3) is 0.300. The highest BCUT2D eigenvalue weighted by Crippen LogP contribution is 2.24. The molecule has 0 N–H and O–H groups in total. The van der Waals surface area contributed by atoms with E-state index in [1.54, 1.807) is 6.20 Å². The van der Waals surface area contributed by atoms with Crippen LogP contribution in [-0.2, 0) is 6.42 Å². The lowest BCUT2D eigenvalue weighted by Gasteiger charge is -2.24. The Kier molecular flexibility index (Phi) is 4.73. The van der Waals surface area contributed by atoms with Crippen LogP contribution in [0.4, 0.5) is 0 Å². The average Bonchev–Trinajstić information content (AvgIpc) is 3.36. The lowest BCUT2D eigenvalue weighted by molar-refractivity contribution is 0.0730. The maximum atomic E-state index is 12.7. The van der Waals surface area contributed by atoms with Crippen molar-refractivity contribution in [2.24, 2.45) is 0 Å². The van der Waals surface area contributed by atoms with Gasteiger partial charge in [0.25, 0.3) is 11.8 Å². The number of aryl methyl sites for hydroxylation is 1. The average molecular weight is 348 g/mol. The Morgan fingerprint density at radius 3 is 2.81 bits per heavy atom. The van der Waals surface area contributed by atoms with E-state index in [1.807, 2.05) is 53.4 Å². The Bertz CT molecular complexity index is 864. The first-order chi connectivity index (χ1) is 12.8. The van der Waals surface area contributed by atoms with E-state index in [0.29, 0.717) is 23.8 Å². The predicted octanol–water partition coefficient (Wildman–Crippen LogP) is 3.37. The minimum absolute atomic E-state index is 0.107. The van der Waals surface area contributed by atoms with E-state index in [0.717, 1.165) is 31.4 Å². The van der Waals surface area contributed by atoms with Gasteiger partial charge in [0.05, 0.1) is 0 Å². The Hall–Kier alpha value is -3.02. The van der Waals surface area contributed by atoms with Gasteiger partial charge in [0, 0.05) is 30.8 Å². The molecule has 6 heteroatoms. The van der Waals surface area contributed by atoms with Gasteiger partial charge < -0.3 is 9.42 Å². The van der Waals surface area contributed by atoms with Crippen LogP contribution in [0.1, 0.15) is 35.4 Å². The van der Waals surface area contributed by atoms with E-state index in [4.69, 9.17) is 4.52 Å². The van der Waals surface area contributed by atoms with Crippen LogP contribution in [0.15, 0.2) is 59.3 Å². The number of benzene rings is 1. The van der Waals surface area contributed by atoms with Gasteiger partial charge in [-0.15, -0.1) is 0 Å². The van der Waals surface area contributed by atoms with Gasteiger partial charge in [-0.25, -0.2) is 0 Å². The zero-order valence-corrected chi connectivity index (χ0v) is 14.4. The number of rotatable bonds is 5. The van der Waals surface area contributed by atoms with Crippen molar-refractivity contribution in [1.82, 2.24) is 20.0 Å². The van der Waals surface area contributed by atoms with E-state index in [-0.39, 0.29) is 11.9 Å². The number of pyridine rings is 1. The zero-order valence-electron chi connectivity index (χ0n) is 14.4. The molecule has 2 aromatic heterocycles. The number of nitrogens with zero attached hydrogens (tertiary/aromatic N) is 4. The van der Waals surface area contributed by atoms with Crippen molar-refractivity contribution in [2.75, 3.05) is 6.54 Å². The first kappa shape index (κ1) is 16.4. The molecule has 0 spiro atoms. The zero-order chi connectivity index (χ0) is 17.8. The molecule has 1 atom stereocenters. The first-order valence-corrected chi connectivity index (χ1v) is 8.91. The maximum Gasteiger partial charge on any atom is 0.276 e. The fourth-order valence-electron chi connectivity index (χ4n) is 3.39. The number of aromatic nitrogens is 3. The third kappa shape index (κ3) is 3.49. The lowest BCUT2D eigenvalue weighted by Crippen LogP contribution is -2.35. The van der Waals surface area contributed by atoms with Crippen molar-refractivity contribution in [1.29, 1.82) is 0 Å². The summed E-state index contributed by atoms with van der Waals surface area (Å²) in [5.74, 6) is 1.20. The molecule has 26 heavy (non-hydrogen) atoms. The second-order valence-corrected chi connectivity index (χ2v) is 6.43. The lowest BCUT2D eigenvalue weighted by atomic mass is 10.1. The second kappa shape index (κ2) is 7.47. The van der Waals surface area contributed by atoms with Crippen molar-refractivity contribution in [2.45, 2.75) is 31.7 Å². The van der Waals surface area contributed by atoms with Crippen LogP contribution in [0, 0.1) is 0 Å². The molecule has 1 fully saturated rings. The predicted molar refractivity (Wildman–Crippen MR) is 96.4 cm³/mol. The normalized spacial score (nSPS) is 16.8. The molecule has 0 bridgehead atoms. The maximum absolute atomic E-state index is 12.7. The van der Waals surface area contributed by atoms with E-state index in [1.165, 1.54) is 0 Å². The molecule has 6 nitrogen and oxygen atoms in total. The van der Waals surface area contributed by atoms with Gasteiger partial charge in [-0.05, 0) is 43.5 Å². The number of amides is 1. The van der Waals surface area contributed by atoms with Gasteiger partial charge in [0.2, 0.25) is 0 Å². The summed E-state index contributed by atoms with van der Waals surface area (Å²) in [7, 11) is 0. The Morgan fingerprint density at radius 1 is 1.15 bits per heavy atom. The Morgan fingerprint density at radius 2 is 2.00 bits per heavy atom. The molecule has 1 aromatic carbocycles. The van der Waals surface area contributed by atoms with Crippen LogP contribution in [0.5, 0.6) is 0 Å². The largest absolute Gasteiger partial charge is 0.336 e. The van der Waals surface area contributed by atoms with Crippen LogP contribution < -0.4 is 0 Å². The fourth-order valence-corrected chi connectivity index (χ4v) is 3.39. The van der Waals surface area contributed by atoms with Crippen molar-refractivity contribution < 1.29 is 9.32 Å². The highest BCUT2D eigenvalue weighted by atomic mass is 16.5. The standard InChI is InChI=1S/C20H20N4O2/c25-20(15-7-2-1-3-8-15)24-14-6-9-16(24)11-12-18-22-19(26-23-18)17-10-4-5-13-21-17/h1-5,7-8,10,13,16H,6,9,11-12,14H2. The molecule has 0 saturated carbocycles. The van der Waals surface area contributed by atoms with Gasteiger partial charge in [0.1, 0.15) is 5.69 Å². The highest BCUT2D eigenvalue weighted by molar-refractivity contribution is 5.94. The molecule has 0 radical (unpaired) electrons. The molecule has 1 aliphatic heterocycles. The quantitative estimate of drug-likeness (QED) is 0.707. The van der Waals surface area contributed by atoms with Crippen LogP contribution >= 0.6 is 0 Å². The van der Waals surface area contributed by atoms with Gasteiger partial charge >= 0.3 is 0 Å². The summed E-state index contributed by atoms with van der Waals surface area (Å²) in [6.45, 7) is 0.809. The summed E-state index contributed by atoms with van der Waals surface area (Å²) < 4.78 is 5.31. The summed E-state index contributed by atoms with van der Waals surface area (Å²) in [6.07, 6.45) is 5.27. The number of hydrogen-bond acceptors (Lipinski definition) is 5. The summed E-state index contributed by atoms with van der Waals surface area (Å²) in [5, 5.41) is 4.05. The summed E-state index contributed by atoms with van der Waals surface area (Å²) >= 11 is 0. The third-order valence-electron chi connectivity index (χ3n) is 4.71. The first-order valence-electron chi connectivity index (χ1n) is 8.91. The van der Waals surface area contributed by atoms with E-state index >= 15 is 0 Å². The monoisotopic (exact) mass is 348 g/mol. The van der Waals surface area contributed by atoms with Crippen molar-refractivity contribution in [3.63, 3.8) is 0 Å². The highest BCUT2D eigenvalue weighted by Gasteiger charge is 2.29. The van der Waals surface area contributed by atoms with Crippen molar-refractivity contribution >= 4 is 5.91 Å². The van der Waals surface area contributed by atoms with Crippen LogP contribution in [0.25, 0.3) is 11.6 Å². The molecule has 4 rings (SSSR count). The molecule has 1 amide bonds. The molecule has 3 heterocycles. The van der Waals surface area contributed by atoms with Crippen LogP contribution in [0.2, 0.25) is 0 Å². The summed E-state index contributed by atoms with van der Waals surface area (Å²) in [5.41, 5.74) is 1.42. The van der Waals surface area contributed by atoms with E-state index < -0.39 is 0 Å². The molecule has 132 valence electrons. The molecular formula is C20H20N4O2. The van der Waals surface area contributed by atoms with Crippen LogP contribution in [-0.4, -0.2) is 38.5 Å². The van der Waals surface area contributed by atoms with Crippen molar-refractivity contribution in [3.8, 4) is 11.6 Å². The van der Waals surface area contributed by atoms with E-state index in [2.05, 4.69) is 15.1 Å². The SMILES string of the molecule is O=C(c1ccccc1)N1CCCC1CCc1noc(-c2ccccn2)n1. The van der Waals surface area contributed by atoms with Crippen LogP contribution in [0.3, 0.4) is 0 Å². The van der Waals surface area contributed by atoms with Gasteiger partial charge in [-0.1, -0.05) is 29.4 Å². The molecule has 3 aromatic rings. The molecule has 1 unspecified atom stereocenters. The third-order valence-corrected chi connectivity index (χ3v) is 4.71. The number of likely N-dealkylation sites (tertiary alicyclic amines) is 1. The molecule has 1 aliphatic rings. The van der Waals surface area contributed by atoms with Crippen molar-refractivity contribution in [3.05, 3.63) is 66.1 Å². The molecule has 1 saturated heterocycles. The minimum atomic E-state index is 0.107. The summed E-state index contributed by atoms with van der Waals surface area (Å²) in [6, 6.07) is 15.3. The van der Waals surface area contributed by atoms with Gasteiger partial charge in [0.15, 0.2) is 5.82 Å².